The minimum atomic E-state index is -1.20. The van der Waals surface area contributed by atoms with Crippen LogP contribution in [-0.2, 0) is 0 Å². The number of nitriles is 1. The van der Waals surface area contributed by atoms with Crippen LogP contribution in [0.5, 0.6) is 5.75 Å². The van der Waals surface area contributed by atoms with Gasteiger partial charge in [0.2, 0.25) is 0 Å². The van der Waals surface area contributed by atoms with Crippen LogP contribution in [0.4, 0.5) is 4.39 Å². The van der Waals surface area contributed by atoms with Crippen LogP contribution in [-0.4, -0.2) is 18.2 Å². The number of carboxylic acids is 1. The second kappa shape index (κ2) is 5.41. The maximum Gasteiger partial charge on any atom is 0.335 e. The molecule has 2 aromatic carbocycles. The summed E-state index contributed by atoms with van der Waals surface area (Å²) in [5.74, 6) is -1.47. The van der Waals surface area contributed by atoms with Crippen molar-refractivity contribution in [3.8, 4) is 22.9 Å². The zero-order chi connectivity index (χ0) is 14.7. The summed E-state index contributed by atoms with van der Waals surface area (Å²) >= 11 is 0. The molecule has 0 radical (unpaired) electrons. The van der Waals surface area contributed by atoms with E-state index in [-0.39, 0.29) is 11.1 Å². The summed E-state index contributed by atoms with van der Waals surface area (Å²) in [7, 11) is 1.44. The van der Waals surface area contributed by atoms with Crippen LogP contribution in [0.15, 0.2) is 36.4 Å². The molecule has 0 bridgehead atoms. The first-order valence-electron chi connectivity index (χ1n) is 5.68. The van der Waals surface area contributed by atoms with Crippen molar-refractivity contribution in [1.29, 1.82) is 5.26 Å². The molecule has 20 heavy (non-hydrogen) atoms. The van der Waals surface area contributed by atoms with E-state index in [2.05, 4.69) is 0 Å². The van der Waals surface area contributed by atoms with E-state index < -0.39 is 11.8 Å². The Bertz CT molecular complexity index is 720. The summed E-state index contributed by atoms with van der Waals surface area (Å²) in [5, 5.41) is 17.7. The summed E-state index contributed by atoms with van der Waals surface area (Å²) < 4.78 is 19.2. The van der Waals surface area contributed by atoms with Gasteiger partial charge in [-0.2, -0.15) is 5.26 Å². The zero-order valence-electron chi connectivity index (χ0n) is 10.6. The highest BCUT2D eigenvalue weighted by Gasteiger charge is 2.14. The minimum Gasteiger partial charge on any atom is -0.496 e. The van der Waals surface area contributed by atoms with Gasteiger partial charge < -0.3 is 9.84 Å². The topological polar surface area (TPSA) is 70.3 Å². The Morgan fingerprint density at radius 2 is 2.00 bits per heavy atom. The molecule has 0 atom stereocenters. The first-order valence-corrected chi connectivity index (χ1v) is 5.68. The summed E-state index contributed by atoms with van der Waals surface area (Å²) in [6.07, 6.45) is 0. The van der Waals surface area contributed by atoms with Crippen LogP contribution in [0.3, 0.4) is 0 Å². The van der Waals surface area contributed by atoms with E-state index >= 15 is 0 Å². The molecule has 2 aromatic rings. The van der Waals surface area contributed by atoms with Gasteiger partial charge in [0.05, 0.1) is 24.3 Å². The largest absolute Gasteiger partial charge is 0.496 e. The number of ether oxygens (including phenoxy) is 1. The van der Waals surface area contributed by atoms with E-state index in [0.717, 1.165) is 6.07 Å². The molecule has 0 heterocycles. The summed E-state index contributed by atoms with van der Waals surface area (Å²) in [4.78, 5) is 10.8. The maximum absolute atomic E-state index is 14.0. The third-order valence-electron chi connectivity index (χ3n) is 2.83. The van der Waals surface area contributed by atoms with Crippen molar-refractivity contribution >= 4 is 5.97 Å². The van der Waals surface area contributed by atoms with Gasteiger partial charge in [-0.25, -0.2) is 9.18 Å². The second-order valence-electron chi connectivity index (χ2n) is 4.03. The molecule has 0 spiro atoms. The molecule has 0 aliphatic rings. The number of carbonyl (C=O) groups is 1. The molecule has 0 aliphatic carbocycles. The average Bonchev–Trinajstić information content (AvgIpc) is 2.46. The molecule has 100 valence electrons. The Morgan fingerprint density at radius 1 is 1.25 bits per heavy atom. The number of hydrogen-bond donors (Lipinski definition) is 1. The average molecular weight is 271 g/mol. The van der Waals surface area contributed by atoms with E-state index in [1.165, 1.54) is 25.3 Å². The predicted molar refractivity (Wildman–Crippen MR) is 70.1 cm³/mol. The molecule has 5 heteroatoms. The number of rotatable bonds is 3. The minimum absolute atomic E-state index is 0.137. The van der Waals surface area contributed by atoms with Gasteiger partial charge in [0, 0.05) is 11.1 Å². The van der Waals surface area contributed by atoms with Gasteiger partial charge in [-0.15, -0.1) is 0 Å². The SMILES string of the molecule is COc1ccc(C#N)cc1-c1ccc(C(=O)O)cc1F. The van der Waals surface area contributed by atoms with Gasteiger partial charge in [-0.3, -0.25) is 0 Å². The molecule has 0 unspecified atom stereocenters. The van der Waals surface area contributed by atoms with Crippen molar-refractivity contribution < 1.29 is 19.0 Å². The molecule has 0 saturated heterocycles. The lowest BCUT2D eigenvalue weighted by Gasteiger charge is -2.10. The van der Waals surface area contributed by atoms with Crippen molar-refractivity contribution in [1.82, 2.24) is 0 Å². The fraction of sp³-hybridized carbons (Fsp3) is 0.0667. The van der Waals surface area contributed by atoms with Crippen LogP contribution < -0.4 is 4.74 Å². The molecule has 1 N–H and O–H groups in total. The second-order valence-corrected chi connectivity index (χ2v) is 4.03. The van der Waals surface area contributed by atoms with Crippen LogP contribution in [0, 0.1) is 17.1 Å². The normalized spacial score (nSPS) is 9.85. The maximum atomic E-state index is 14.0. The van der Waals surface area contributed by atoms with Gasteiger partial charge in [0.25, 0.3) is 0 Å². The van der Waals surface area contributed by atoms with Crippen molar-refractivity contribution in [3.63, 3.8) is 0 Å². The van der Waals surface area contributed by atoms with E-state index in [4.69, 9.17) is 15.1 Å². The highest BCUT2D eigenvalue weighted by molar-refractivity contribution is 5.88. The van der Waals surface area contributed by atoms with Crippen LogP contribution in [0.25, 0.3) is 11.1 Å². The molecule has 0 aliphatic heterocycles. The van der Waals surface area contributed by atoms with E-state index in [9.17, 15) is 9.18 Å². The van der Waals surface area contributed by atoms with E-state index in [0.29, 0.717) is 16.9 Å². The summed E-state index contributed by atoms with van der Waals surface area (Å²) in [6.45, 7) is 0. The fourth-order valence-corrected chi connectivity index (χ4v) is 1.85. The first-order chi connectivity index (χ1) is 9.56. The standard InChI is InChI=1S/C15H10FNO3/c1-20-14-5-2-9(8-17)6-12(14)11-4-3-10(15(18)19)7-13(11)16/h2-7H,1H3,(H,18,19). The van der Waals surface area contributed by atoms with Gasteiger partial charge in [-0.05, 0) is 30.3 Å². The quantitative estimate of drug-likeness (QED) is 0.931. The molecular formula is C15H10FNO3. The Labute approximate surface area is 114 Å². The monoisotopic (exact) mass is 271 g/mol. The van der Waals surface area contributed by atoms with Crippen molar-refractivity contribution in [2.45, 2.75) is 0 Å². The third-order valence-corrected chi connectivity index (χ3v) is 2.83. The molecule has 0 amide bonds. The number of methoxy groups -OCH3 is 1. The Balaban J connectivity index is 2.62. The lowest BCUT2D eigenvalue weighted by Crippen LogP contribution is -1.98. The van der Waals surface area contributed by atoms with Crippen molar-refractivity contribution in [3.05, 3.63) is 53.3 Å². The molecule has 2 rings (SSSR count). The third kappa shape index (κ3) is 2.45. The van der Waals surface area contributed by atoms with Crippen LogP contribution in [0.1, 0.15) is 15.9 Å². The van der Waals surface area contributed by atoms with Gasteiger partial charge in [-0.1, -0.05) is 6.07 Å². The number of nitrogens with zero attached hydrogens (tertiary/aromatic N) is 1. The highest BCUT2D eigenvalue weighted by Crippen LogP contribution is 2.33. The molecular weight excluding hydrogens is 261 g/mol. The Morgan fingerprint density at radius 3 is 2.55 bits per heavy atom. The summed E-state index contributed by atoms with van der Waals surface area (Å²) in [6, 6.07) is 10.2. The van der Waals surface area contributed by atoms with Crippen molar-refractivity contribution in [2.24, 2.45) is 0 Å². The molecule has 4 nitrogen and oxygen atoms in total. The van der Waals surface area contributed by atoms with Crippen molar-refractivity contribution in [2.75, 3.05) is 7.11 Å². The van der Waals surface area contributed by atoms with Crippen LogP contribution >= 0.6 is 0 Å². The van der Waals surface area contributed by atoms with Crippen LogP contribution in [0.2, 0.25) is 0 Å². The van der Waals surface area contributed by atoms with E-state index in [1.54, 1.807) is 12.1 Å². The Kier molecular flexibility index (Phi) is 3.67. The van der Waals surface area contributed by atoms with Gasteiger partial charge in [0.1, 0.15) is 11.6 Å². The molecule has 0 fully saturated rings. The lowest BCUT2D eigenvalue weighted by molar-refractivity contribution is 0.0696. The number of aromatic carboxylic acids is 1. The number of hydrogen-bond acceptors (Lipinski definition) is 3. The van der Waals surface area contributed by atoms with Gasteiger partial charge >= 0.3 is 5.97 Å². The molecule has 0 saturated carbocycles. The number of benzene rings is 2. The fourth-order valence-electron chi connectivity index (χ4n) is 1.85. The number of halogens is 1. The zero-order valence-corrected chi connectivity index (χ0v) is 10.6. The summed E-state index contributed by atoms with van der Waals surface area (Å²) in [5.41, 5.74) is 0.814. The number of carboxylic acid groups (broad SMARTS) is 1. The smallest absolute Gasteiger partial charge is 0.335 e. The van der Waals surface area contributed by atoms with E-state index in [1.807, 2.05) is 6.07 Å². The molecule has 0 aromatic heterocycles. The highest BCUT2D eigenvalue weighted by atomic mass is 19.1. The Hall–Kier alpha value is -2.87. The first kappa shape index (κ1) is 13.6. The predicted octanol–water partition coefficient (Wildman–Crippen LogP) is 3.07. The van der Waals surface area contributed by atoms with Gasteiger partial charge in [0.15, 0.2) is 0 Å². The lowest BCUT2D eigenvalue weighted by atomic mass is 10.00.